The molecule has 3 aliphatic heterocycles. The van der Waals surface area contributed by atoms with Crippen molar-refractivity contribution in [2.24, 2.45) is 0 Å². The maximum absolute atomic E-state index is 13.0. The molecule has 0 aliphatic carbocycles. The summed E-state index contributed by atoms with van der Waals surface area (Å²) in [6.45, 7) is 2.50. The van der Waals surface area contributed by atoms with Crippen LogP contribution in [-0.2, 0) is 48.3 Å². The molecule has 3 heterocycles. The van der Waals surface area contributed by atoms with Gasteiger partial charge in [0.2, 0.25) is 0 Å². The number of ether oxygens (including phenoxy) is 6. The summed E-state index contributed by atoms with van der Waals surface area (Å²) in [7, 11) is 0. The molecular weight excluding hydrogens is 676 g/mol. The standard InChI is InChI=1S/C43H40O10/c1-25(44)36-38-41(52-33-20-35(45)53-43(33)38)30-18-17-29(39(46)37(30)40(36)47)31-19-32(49-22-27-13-7-3-8-14-27)42(50-23-28-15-9-4-10-16-28)34(51-31)24-48-21-26-11-5-2-6-12-26/h2-18,31-34,42-43,46-47H,19-24H2,1H3/t31-,32-,33-,34-,42+,43+/m1/s1. The molecule has 2 saturated heterocycles. The zero-order valence-corrected chi connectivity index (χ0v) is 29.2. The smallest absolute Gasteiger partial charge is 0.310 e. The maximum atomic E-state index is 13.0. The quantitative estimate of drug-likeness (QED) is 0.0994. The van der Waals surface area contributed by atoms with Crippen molar-refractivity contribution in [2.45, 2.75) is 76.2 Å². The number of carbonyl (C=O) groups excluding carboxylic acids is 2. The highest BCUT2D eigenvalue weighted by Crippen LogP contribution is 2.55. The Labute approximate surface area is 306 Å². The molecule has 10 heteroatoms. The van der Waals surface area contributed by atoms with Crippen LogP contribution >= 0.6 is 0 Å². The van der Waals surface area contributed by atoms with Crippen molar-refractivity contribution in [2.75, 3.05) is 6.61 Å². The molecule has 0 unspecified atom stereocenters. The van der Waals surface area contributed by atoms with E-state index in [1.54, 1.807) is 12.1 Å². The Morgan fingerprint density at radius 3 is 2.04 bits per heavy atom. The van der Waals surface area contributed by atoms with Crippen molar-refractivity contribution >= 4 is 22.5 Å². The Bertz CT molecular complexity index is 2100. The fourth-order valence-corrected chi connectivity index (χ4v) is 7.65. The highest BCUT2D eigenvalue weighted by Gasteiger charge is 2.49. The van der Waals surface area contributed by atoms with Crippen LogP contribution in [0.4, 0.5) is 0 Å². The molecule has 3 aliphatic rings. The molecule has 53 heavy (non-hydrogen) atoms. The first-order valence-electron chi connectivity index (χ1n) is 17.8. The Kier molecular flexibility index (Phi) is 9.85. The predicted molar refractivity (Wildman–Crippen MR) is 194 cm³/mol. The minimum Gasteiger partial charge on any atom is -0.507 e. The fourth-order valence-electron chi connectivity index (χ4n) is 7.65. The normalized spacial score (nSPS) is 23.3. The number of ketones is 1. The monoisotopic (exact) mass is 716 g/mol. The molecule has 0 saturated carbocycles. The maximum Gasteiger partial charge on any atom is 0.310 e. The van der Waals surface area contributed by atoms with Crippen molar-refractivity contribution in [1.82, 2.24) is 0 Å². The van der Waals surface area contributed by atoms with Crippen LogP contribution in [0.1, 0.15) is 70.1 Å². The van der Waals surface area contributed by atoms with E-state index < -0.39 is 54.1 Å². The molecule has 0 radical (unpaired) electrons. The van der Waals surface area contributed by atoms with E-state index in [1.165, 1.54) is 6.92 Å². The third-order valence-corrected chi connectivity index (χ3v) is 10.2. The molecule has 2 N–H and O–H groups in total. The first-order valence-corrected chi connectivity index (χ1v) is 17.8. The van der Waals surface area contributed by atoms with E-state index in [4.69, 9.17) is 28.4 Å². The number of hydrogen-bond acceptors (Lipinski definition) is 10. The zero-order valence-electron chi connectivity index (χ0n) is 29.2. The Morgan fingerprint density at radius 2 is 1.40 bits per heavy atom. The van der Waals surface area contributed by atoms with Crippen molar-refractivity contribution in [3.8, 4) is 17.2 Å². The highest BCUT2D eigenvalue weighted by molar-refractivity contribution is 6.10. The van der Waals surface area contributed by atoms with Crippen LogP contribution in [0, 0.1) is 0 Å². The van der Waals surface area contributed by atoms with Gasteiger partial charge in [-0.15, -0.1) is 0 Å². The lowest BCUT2D eigenvalue weighted by molar-refractivity contribution is -0.222. The minimum absolute atomic E-state index is 0.0184. The van der Waals surface area contributed by atoms with Gasteiger partial charge >= 0.3 is 5.97 Å². The second kappa shape index (κ2) is 15.0. The van der Waals surface area contributed by atoms with Crippen molar-refractivity contribution in [1.29, 1.82) is 0 Å². The van der Waals surface area contributed by atoms with Crippen LogP contribution in [0.25, 0.3) is 10.8 Å². The fraction of sp³-hybridized carbons (Fsp3) is 0.302. The molecule has 272 valence electrons. The number of esters is 1. The molecule has 0 bridgehead atoms. The lowest BCUT2D eigenvalue weighted by Crippen LogP contribution is -2.50. The van der Waals surface area contributed by atoms with Crippen LogP contribution in [0.3, 0.4) is 0 Å². The SMILES string of the molecule is CC(=O)c1c2c(c3ccc([C@H]4C[C@@H](OCc5ccccc5)[C@H](OCc5ccccc5)[C@@H](COCc5ccccc5)O4)c(O)c3c1O)O[C@@H]1CC(=O)O[C@H]21. The van der Waals surface area contributed by atoms with Crippen molar-refractivity contribution in [3.63, 3.8) is 0 Å². The molecule has 0 aromatic heterocycles. The summed E-state index contributed by atoms with van der Waals surface area (Å²) in [5.74, 6) is -1.23. The average molecular weight is 717 g/mol. The predicted octanol–water partition coefficient (Wildman–Crippen LogP) is 7.42. The summed E-state index contributed by atoms with van der Waals surface area (Å²) in [5.41, 5.74) is 3.68. The summed E-state index contributed by atoms with van der Waals surface area (Å²) in [5, 5.41) is 24.1. The molecular formula is C43H40O10. The van der Waals surface area contributed by atoms with Gasteiger partial charge in [0.25, 0.3) is 0 Å². The van der Waals surface area contributed by atoms with Gasteiger partial charge in [0.05, 0.1) is 61.6 Å². The van der Waals surface area contributed by atoms with Gasteiger partial charge in [-0.25, -0.2) is 0 Å². The van der Waals surface area contributed by atoms with E-state index in [2.05, 4.69) is 0 Å². The molecule has 6 atom stereocenters. The molecule has 5 aromatic carbocycles. The third-order valence-electron chi connectivity index (χ3n) is 10.2. The van der Waals surface area contributed by atoms with Crippen LogP contribution in [0.15, 0.2) is 103 Å². The number of Topliss-reactive ketones (excluding diaryl/α,β-unsaturated/α-hetero) is 1. The summed E-state index contributed by atoms with van der Waals surface area (Å²) >= 11 is 0. The number of benzene rings is 5. The number of rotatable bonds is 12. The molecule has 5 aromatic rings. The number of phenolic OH excluding ortho intramolecular Hbond substituents is 2. The minimum atomic E-state index is -0.817. The van der Waals surface area contributed by atoms with Crippen LogP contribution < -0.4 is 4.74 Å². The van der Waals surface area contributed by atoms with Gasteiger partial charge in [0.1, 0.15) is 29.5 Å². The third kappa shape index (κ3) is 6.98. The van der Waals surface area contributed by atoms with Gasteiger partial charge in [0, 0.05) is 17.4 Å². The van der Waals surface area contributed by atoms with Crippen LogP contribution in [0.2, 0.25) is 0 Å². The lowest BCUT2D eigenvalue weighted by atomic mass is 9.88. The highest BCUT2D eigenvalue weighted by atomic mass is 16.6. The van der Waals surface area contributed by atoms with Gasteiger partial charge in [-0.1, -0.05) is 97.1 Å². The van der Waals surface area contributed by atoms with Gasteiger partial charge < -0.3 is 38.6 Å². The van der Waals surface area contributed by atoms with Gasteiger partial charge in [0.15, 0.2) is 18.0 Å². The van der Waals surface area contributed by atoms with E-state index in [9.17, 15) is 19.8 Å². The van der Waals surface area contributed by atoms with Gasteiger partial charge in [-0.3, -0.25) is 9.59 Å². The van der Waals surface area contributed by atoms with E-state index in [0.29, 0.717) is 48.5 Å². The molecule has 0 amide bonds. The van der Waals surface area contributed by atoms with E-state index >= 15 is 0 Å². The Balaban J connectivity index is 1.16. The zero-order chi connectivity index (χ0) is 36.5. The van der Waals surface area contributed by atoms with Gasteiger partial charge in [-0.2, -0.15) is 0 Å². The first-order chi connectivity index (χ1) is 25.9. The van der Waals surface area contributed by atoms with E-state index in [0.717, 1.165) is 16.7 Å². The Morgan fingerprint density at radius 1 is 0.774 bits per heavy atom. The van der Waals surface area contributed by atoms with Crippen molar-refractivity contribution in [3.05, 3.63) is 137 Å². The lowest BCUT2D eigenvalue weighted by Gasteiger charge is -2.42. The second-order valence-corrected chi connectivity index (χ2v) is 13.7. The number of fused-ring (bicyclic) bond motifs is 5. The first kappa shape index (κ1) is 34.8. The summed E-state index contributed by atoms with van der Waals surface area (Å²) in [4.78, 5) is 25.1. The van der Waals surface area contributed by atoms with Crippen molar-refractivity contribution < 1.29 is 48.2 Å². The molecule has 8 rings (SSSR count). The van der Waals surface area contributed by atoms with Crippen LogP contribution in [-0.4, -0.2) is 53.0 Å². The topological polar surface area (TPSA) is 130 Å². The number of hydrogen-bond donors (Lipinski definition) is 2. The molecule has 0 spiro atoms. The summed E-state index contributed by atoms with van der Waals surface area (Å²) in [6, 6.07) is 33.1. The number of phenols is 2. The van der Waals surface area contributed by atoms with Crippen LogP contribution in [0.5, 0.6) is 17.2 Å². The van der Waals surface area contributed by atoms with E-state index in [-0.39, 0.29) is 29.7 Å². The van der Waals surface area contributed by atoms with E-state index in [1.807, 2.05) is 91.0 Å². The summed E-state index contributed by atoms with van der Waals surface area (Å²) in [6.07, 6.45) is -3.47. The van der Waals surface area contributed by atoms with Gasteiger partial charge in [-0.05, 0) is 29.7 Å². The number of aromatic hydroxyl groups is 2. The molecule has 10 nitrogen and oxygen atoms in total. The molecule has 2 fully saturated rings. The average Bonchev–Trinajstić information content (AvgIpc) is 3.71. The summed E-state index contributed by atoms with van der Waals surface area (Å²) < 4.78 is 37.9. The largest absolute Gasteiger partial charge is 0.507 e. The second-order valence-electron chi connectivity index (χ2n) is 13.7. The number of carbonyl (C=O) groups is 2. The Hall–Kier alpha value is -5.26.